The molecule has 2 aromatic carbocycles. The van der Waals surface area contributed by atoms with Gasteiger partial charge in [0.2, 0.25) is 11.8 Å². The van der Waals surface area contributed by atoms with E-state index < -0.39 is 0 Å². The lowest BCUT2D eigenvalue weighted by Gasteiger charge is -2.33. The zero-order valence-corrected chi connectivity index (χ0v) is 17.4. The second-order valence-corrected chi connectivity index (χ2v) is 7.59. The third kappa shape index (κ3) is 5.55. The zero-order valence-electron chi connectivity index (χ0n) is 17.4. The fourth-order valence-electron chi connectivity index (χ4n) is 3.45. The molecule has 1 fully saturated rings. The van der Waals surface area contributed by atoms with Crippen molar-refractivity contribution >= 4 is 23.6 Å². The maximum absolute atomic E-state index is 12.5. The predicted molar refractivity (Wildman–Crippen MR) is 118 cm³/mol. The molecule has 0 saturated carbocycles. The second kappa shape index (κ2) is 9.52. The van der Waals surface area contributed by atoms with E-state index in [4.69, 9.17) is 0 Å². The molecule has 0 spiro atoms. The largest absolute Gasteiger partial charge is 0.337 e. The number of nitrogens with one attached hydrogen (secondary N) is 1. The topological polar surface area (TPSA) is 52.7 Å². The molecule has 5 heteroatoms. The number of anilines is 1. The van der Waals surface area contributed by atoms with Gasteiger partial charge in [0.1, 0.15) is 0 Å². The SMILES string of the molecule is Cc1ccccc1/C=C/C(=O)N1CCN(CC(=O)Nc2cccc(C)c2C)CC1. The van der Waals surface area contributed by atoms with Crippen LogP contribution in [-0.2, 0) is 9.59 Å². The first kappa shape index (κ1) is 20.8. The van der Waals surface area contributed by atoms with Crippen LogP contribution in [0.3, 0.4) is 0 Å². The molecule has 1 heterocycles. The molecule has 5 nitrogen and oxygen atoms in total. The van der Waals surface area contributed by atoms with Crippen LogP contribution in [0.15, 0.2) is 48.5 Å². The van der Waals surface area contributed by atoms with Crippen molar-refractivity contribution in [3.8, 4) is 0 Å². The molecule has 0 atom stereocenters. The lowest BCUT2D eigenvalue weighted by atomic mass is 10.1. The minimum absolute atomic E-state index is 0.0158. The summed E-state index contributed by atoms with van der Waals surface area (Å²) in [5.74, 6) is 0.00525. The highest BCUT2D eigenvalue weighted by Gasteiger charge is 2.21. The van der Waals surface area contributed by atoms with E-state index in [0.29, 0.717) is 32.7 Å². The Hall–Kier alpha value is -2.92. The average molecular weight is 392 g/mol. The van der Waals surface area contributed by atoms with Crippen LogP contribution >= 0.6 is 0 Å². The van der Waals surface area contributed by atoms with Crippen LogP contribution < -0.4 is 5.32 Å². The van der Waals surface area contributed by atoms with Crippen molar-refractivity contribution in [3.63, 3.8) is 0 Å². The van der Waals surface area contributed by atoms with Gasteiger partial charge < -0.3 is 10.2 Å². The summed E-state index contributed by atoms with van der Waals surface area (Å²) in [7, 11) is 0. The van der Waals surface area contributed by atoms with Crippen LogP contribution in [0.2, 0.25) is 0 Å². The first-order chi connectivity index (χ1) is 13.9. The van der Waals surface area contributed by atoms with Gasteiger partial charge in [0.25, 0.3) is 0 Å². The van der Waals surface area contributed by atoms with Crippen molar-refractivity contribution in [2.24, 2.45) is 0 Å². The van der Waals surface area contributed by atoms with Crippen molar-refractivity contribution in [3.05, 3.63) is 70.8 Å². The number of rotatable bonds is 5. The standard InChI is InChI=1S/C24H29N3O2/c1-18-8-6-10-22(20(18)3)25-23(28)17-26-13-15-27(16-14-26)24(29)12-11-21-9-5-4-7-19(21)2/h4-12H,13-17H2,1-3H3,(H,25,28)/b12-11+. The molecule has 1 aliphatic heterocycles. The molecular formula is C24H29N3O2. The van der Waals surface area contributed by atoms with E-state index in [1.165, 1.54) is 0 Å². The lowest BCUT2D eigenvalue weighted by molar-refractivity contribution is -0.127. The fraction of sp³-hybridized carbons (Fsp3) is 0.333. The first-order valence-corrected chi connectivity index (χ1v) is 10.0. The molecule has 0 unspecified atom stereocenters. The zero-order chi connectivity index (χ0) is 20.8. The number of piperazine rings is 1. The lowest BCUT2D eigenvalue weighted by Crippen LogP contribution is -2.50. The van der Waals surface area contributed by atoms with Crippen LogP contribution in [0.25, 0.3) is 6.08 Å². The van der Waals surface area contributed by atoms with Gasteiger partial charge in [0.15, 0.2) is 0 Å². The van der Waals surface area contributed by atoms with Gasteiger partial charge in [-0.05, 0) is 55.2 Å². The van der Waals surface area contributed by atoms with E-state index >= 15 is 0 Å². The number of aryl methyl sites for hydroxylation is 2. The summed E-state index contributed by atoms with van der Waals surface area (Å²) in [5.41, 5.74) is 5.33. The minimum atomic E-state index is -0.0158. The van der Waals surface area contributed by atoms with Gasteiger partial charge in [-0.2, -0.15) is 0 Å². The number of hydrogen-bond acceptors (Lipinski definition) is 3. The van der Waals surface area contributed by atoms with Crippen LogP contribution in [0.4, 0.5) is 5.69 Å². The summed E-state index contributed by atoms with van der Waals surface area (Å²) < 4.78 is 0. The van der Waals surface area contributed by atoms with Gasteiger partial charge in [-0.25, -0.2) is 0 Å². The third-order valence-electron chi connectivity index (χ3n) is 5.52. The van der Waals surface area contributed by atoms with E-state index in [1.807, 2.05) is 74.2 Å². The average Bonchev–Trinajstić information content (AvgIpc) is 2.71. The molecule has 2 aromatic rings. The van der Waals surface area contributed by atoms with Crippen molar-refractivity contribution in [1.29, 1.82) is 0 Å². The molecule has 152 valence electrons. The molecule has 1 saturated heterocycles. The van der Waals surface area contributed by atoms with E-state index in [0.717, 1.165) is 27.9 Å². The first-order valence-electron chi connectivity index (χ1n) is 10.0. The smallest absolute Gasteiger partial charge is 0.246 e. The van der Waals surface area contributed by atoms with E-state index in [-0.39, 0.29) is 11.8 Å². The highest BCUT2D eigenvalue weighted by molar-refractivity contribution is 5.93. The quantitative estimate of drug-likeness (QED) is 0.795. The third-order valence-corrected chi connectivity index (χ3v) is 5.52. The number of benzene rings is 2. The van der Waals surface area contributed by atoms with Gasteiger partial charge in [-0.1, -0.05) is 36.4 Å². The minimum Gasteiger partial charge on any atom is -0.337 e. The predicted octanol–water partition coefficient (Wildman–Crippen LogP) is 3.41. The van der Waals surface area contributed by atoms with Crippen LogP contribution in [0.1, 0.15) is 22.3 Å². The van der Waals surface area contributed by atoms with Crippen LogP contribution in [0.5, 0.6) is 0 Å². The van der Waals surface area contributed by atoms with E-state index in [1.54, 1.807) is 6.08 Å². The highest BCUT2D eigenvalue weighted by atomic mass is 16.2. The molecule has 2 amide bonds. The Kier molecular flexibility index (Phi) is 6.83. The Labute approximate surface area is 173 Å². The summed E-state index contributed by atoms with van der Waals surface area (Å²) in [4.78, 5) is 28.8. The molecule has 29 heavy (non-hydrogen) atoms. The van der Waals surface area contributed by atoms with Crippen LogP contribution in [-0.4, -0.2) is 54.3 Å². The number of carbonyl (C=O) groups is 2. The van der Waals surface area contributed by atoms with Gasteiger partial charge >= 0.3 is 0 Å². The Morgan fingerprint density at radius 1 is 0.931 bits per heavy atom. The molecule has 0 bridgehead atoms. The monoisotopic (exact) mass is 391 g/mol. The molecule has 0 aromatic heterocycles. The van der Waals surface area contributed by atoms with Crippen molar-refractivity contribution in [2.45, 2.75) is 20.8 Å². The second-order valence-electron chi connectivity index (χ2n) is 7.59. The highest BCUT2D eigenvalue weighted by Crippen LogP contribution is 2.18. The molecule has 0 radical (unpaired) electrons. The van der Waals surface area contributed by atoms with Gasteiger partial charge in [0, 0.05) is 37.9 Å². The van der Waals surface area contributed by atoms with Crippen molar-refractivity contribution < 1.29 is 9.59 Å². The van der Waals surface area contributed by atoms with E-state index in [9.17, 15) is 9.59 Å². The molecule has 1 N–H and O–H groups in total. The Balaban J connectivity index is 1.47. The maximum Gasteiger partial charge on any atom is 0.246 e. The molecular weight excluding hydrogens is 362 g/mol. The Bertz CT molecular complexity index is 912. The molecule has 3 rings (SSSR count). The number of carbonyl (C=O) groups excluding carboxylic acids is 2. The fourth-order valence-corrected chi connectivity index (χ4v) is 3.45. The van der Waals surface area contributed by atoms with Gasteiger partial charge in [-0.3, -0.25) is 14.5 Å². The Morgan fingerprint density at radius 2 is 1.62 bits per heavy atom. The normalized spacial score (nSPS) is 14.9. The van der Waals surface area contributed by atoms with Crippen molar-refractivity contribution in [1.82, 2.24) is 9.80 Å². The summed E-state index contributed by atoms with van der Waals surface area (Å²) in [6.07, 6.45) is 3.52. The van der Waals surface area contributed by atoms with E-state index in [2.05, 4.69) is 10.2 Å². The summed E-state index contributed by atoms with van der Waals surface area (Å²) in [6.45, 7) is 9.09. The summed E-state index contributed by atoms with van der Waals surface area (Å²) in [5, 5.41) is 3.00. The Morgan fingerprint density at radius 3 is 2.34 bits per heavy atom. The maximum atomic E-state index is 12.5. The number of hydrogen-bond donors (Lipinski definition) is 1. The van der Waals surface area contributed by atoms with Crippen LogP contribution in [0, 0.1) is 20.8 Å². The van der Waals surface area contributed by atoms with Gasteiger partial charge in [-0.15, -0.1) is 0 Å². The van der Waals surface area contributed by atoms with Gasteiger partial charge in [0.05, 0.1) is 6.54 Å². The number of amides is 2. The summed E-state index contributed by atoms with van der Waals surface area (Å²) >= 11 is 0. The molecule has 0 aliphatic carbocycles. The summed E-state index contributed by atoms with van der Waals surface area (Å²) in [6, 6.07) is 13.9. The molecule has 1 aliphatic rings. The van der Waals surface area contributed by atoms with Crippen molar-refractivity contribution in [2.75, 3.05) is 38.0 Å². The number of nitrogens with zero attached hydrogens (tertiary/aromatic N) is 2.